The topological polar surface area (TPSA) is 58.2 Å². The molecule has 0 saturated heterocycles. The molecule has 2 rings (SSSR count). The zero-order valence-electron chi connectivity index (χ0n) is 13.3. The van der Waals surface area contributed by atoms with Crippen molar-refractivity contribution in [3.05, 3.63) is 65.0 Å². The van der Waals surface area contributed by atoms with Crippen LogP contribution >= 0.6 is 0 Å². The molecule has 0 heterocycles. The van der Waals surface area contributed by atoms with Gasteiger partial charge in [0.15, 0.2) is 0 Å². The summed E-state index contributed by atoms with van der Waals surface area (Å²) in [4.78, 5) is 24.1. The quantitative estimate of drug-likeness (QED) is 0.907. The van der Waals surface area contributed by atoms with E-state index in [1.165, 1.54) is 18.2 Å². The first kappa shape index (κ1) is 16.7. The summed E-state index contributed by atoms with van der Waals surface area (Å²) in [5.41, 5.74) is 2.07. The minimum Gasteiger partial charge on any atom is -0.350 e. The largest absolute Gasteiger partial charge is 0.350 e. The smallest absolute Gasteiger partial charge is 0.255 e. The van der Waals surface area contributed by atoms with Gasteiger partial charge in [0, 0.05) is 22.9 Å². The number of hydrogen-bond donors (Lipinski definition) is 2. The van der Waals surface area contributed by atoms with Gasteiger partial charge >= 0.3 is 0 Å². The van der Waals surface area contributed by atoms with Crippen LogP contribution in [0.5, 0.6) is 0 Å². The molecular weight excluding hydrogens is 295 g/mol. The molecule has 2 amide bonds. The summed E-state index contributed by atoms with van der Waals surface area (Å²) >= 11 is 0. The van der Waals surface area contributed by atoms with Crippen LogP contribution in [0, 0.1) is 12.7 Å². The summed E-state index contributed by atoms with van der Waals surface area (Å²) in [6.45, 7) is 5.45. The maximum atomic E-state index is 13.1. The molecule has 120 valence electrons. The van der Waals surface area contributed by atoms with Crippen molar-refractivity contribution in [2.75, 3.05) is 5.32 Å². The molecule has 2 N–H and O–H groups in total. The molecule has 0 aliphatic heterocycles. The molecule has 2 aromatic rings. The normalized spacial score (nSPS) is 10.5. The Bertz CT molecular complexity index is 724. The standard InChI is InChI=1S/C18H19FN2O2/c1-11(2)20-17(22)13-4-7-15(8-5-13)21-18(23)16-9-6-14(19)10-12(16)3/h4-11H,1-3H3,(H,20,22)(H,21,23). The number of nitrogens with one attached hydrogen (secondary N) is 2. The van der Waals surface area contributed by atoms with Crippen LogP contribution in [0.15, 0.2) is 42.5 Å². The van der Waals surface area contributed by atoms with Crippen molar-refractivity contribution in [3.63, 3.8) is 0 Å². The molecular formula is C18H19FN2O2. The predicted octanol–water partition coefficient (Wildman–Crippen LogP) is 3.52. The van der Waals surface area contributed by atoms with Gasteiger partial charge in [0.1, 0.15) is 5.82 Å². The maximum Gasteiger partial charge on any atom is 0.255 e. The monoisotopic (exact) mass is 314 g/mol. The first-order valence-corrected chi connectivity index (χ1v) is 7.35. The minimum atomic E-state index is -0.375. The van der Waals surface area contributed by atoms with E-state index >= 15 is 0 Å². The fourth-order valence-corrected chi connectivity index (χ4v) is 2.13. The number of hydrogen-bond acceptors (Lipinski definition) is 2. The fraction of sp³-hybridized carbons (Fsp3) is 0.222. The van der Waals surface area contributed by atoms with Gasteiger partial charge in [-0.3, -0.25) is 9.59 Å². The summed E-state index contributed by atoms with van der Waals surface area (Å²) in [6, 6.07) is 10.7. The first-order valence-electron chi connectivity index (χ1n) is 7.35. The molecule has 5 heteroatoms. The van der Waals surface area contributed by atoms with Crippen LogP contribution in [0.25, 0.3) is 0 Å². The Balaban J connectivity index is 2.08. The van der Waals surface area contributed by atoms with Gasteiger partial charge in [0.2, 0.25) is 0 Å². The molecule has 0 aliphatic carbocycles. The van der Waals surface area contributed by atoms with Gasteiger partial charge in [0.05, 0.1) is 0 Å². The molecule has 2 aromatic carbocycles. The van der Waals surface area contributed by atoms with E-state index in [2.05, 4.69) is 10.6 Å². The molecule has 0 spiro atoms. The summed E-state index contributed by atoms with van der Waals surface area (Å²) in [5.74, 6) is -0.853. The number of amides is 2. The van der Waals surface area contributed by atoms with E-state index in [1.54, 1.807) is 31.2 Å². The number of aryl methyl sites for hydroxylation is 1. The Morgan fingerprint density at radius 2 is 1.65 bits per heavy atom. The molecule has 0 aromatic heterocycles. The van der Waals surface area contributed by atoms with E-state index in [4.69, 9.17) is 0 Å². The van der Waals surface area contributed by atoms with Crippen LogP contribution in [0.1, 0.15) is 40.1 Å². The Morgan fingerprint density at radius 1 is 1.00 bits per heavy atom. The Morgan fingerprint density at radius 3 is 2.22 bits per heavy atom. The van der Waals surface area contributed by atoms with Crippen LogP contribution in [0.2, 0.25) is 0 Å². The van der Waals surface area contributed by atoms with Crippen LogP contribution in [0.4, 0.5) is 10.1 Å². The molecule has 4 nitrogen and oxygen atoms in total. The number of halogens is 1. The van der Waals surface area contributed by atoms with Crippen LogP contribution < -0.4 is 10.6 Å². The number of benzene rings is 2. The first-order chi connectivity index (χ1) is 10.9. The Hall–Kier alpha value is -2.69. The third kappa shape index (κ3) is 4.39. The van der Waals surface area contributed by atoms with Gasteiger partial charge in [-0.25, -0.2) is 4.39 Å². The highest BCUT2D eigenvalue weighted by molar-refractivity contribution is 6.05. The van der Waals surface area contributed by atoms with Crippen molar-refractivity contribution < 1.29 is 14.0 Å². The molecule has 0 radical (unpaired) electrons. The second-order valence-electron chi connectivity index (χ2n) is 5.62. The maximum absolute atomic E-state index is 13.1. The van der Waals surface area contributed by atoms with Gasteiger partial charge in [0.25, 0.3) is 11.8 Å². The van der Waals surface area contributed by atoms with Crippen LogP contribution in [-0.2, 0) is 0 Å². The van der Waals surface area contributed by atoms with Crippen molar-refractivity contribution in [1.29, 1.82) is 0 Å². The van der Waals surface area contributed by atoms with Crippen molar-refractivity contribution >= 4 is 17.5 Å². The van der Waals surface area contributed by atoms with Gasteiger partial charge in [-0.05, 0) is 68.8 Å². The van der Waals surface area contributed by atoms with E-state index in [-0.39, 0.29) is 23.7 Å². The van der Waals surface area contributed by atoms with E-state index in [0.717, 1.165) is 0 Å². The highest BCUT2D eigenvalue weighted by Gasteiger charge is 2.11. The highest BCUT2D eigenvalue weighted by Crippen LogP contribution is 2.15. The molecule has 0 bridgehead atoms. The summed E-state index contributed by atoms with van der Waals surface area (Å²) in [6.07, 6.45) is 0. The number of rotatable bonds is 4. The van der Waals surface area contributed by atoms with Crippen LogP contribution in [0.3, 0.4) is 0 Å². The number of anilines is 1. The summed E-state index contributed by atoms with van der Waals surface area (Å²) in [7, 11) is 0. The number of carbonyl (C=O) groups excluding carboxylic acids is 2. The summed E-state index contributed by atoms with van der Waals surface area (Å²) < 4.78 is 13.1. The highest BCUT2D eigenvalue weighted by atomic mass is 19.1. The van der Waals surface area contributed by atoms with Crippen molar-refractivity contribution in [2.24, 2.45) is 0 Å². The number of carbonyl (C=O) groups is 2. The van der Waals surface area contributed by atoms with Crippen LogP contribution in [-0.4, -0.2) is 17.9 Å². The summed E-state index contributed by atoms with van der Waals surface area (Å²) in [5, 5.41) is 5.53. The lowest BCUT2D eigenvalue weighted by Gasteiger charge is -2.10. The second kappa shape index (κ2) is 7.05. The SMILES string of the molecule is Cc1cc(F)ccc1C(=O)Nc1ccc(C(=O)NC(C)C)cc1. The van der Waals surface area contributed by atoms with E-state index < -0.39 is 0 Å². The lowest BCUT2D eigenvalue weighted by molar-refractivity contribution is 0.0942. The average molecular weight is 314 g/mol. The molecule has 0 aliphatic rings. The zero-order valence-corrected chi connectivity index (χ0v) is 13.3. The zero-order chi connectivity index (χ0) is 17.0. The van der Waals surface area contributed by atoms with Crippen molar-refractivity contribution in [1.82, 2.24) is 5.32 Å². The van der Waals surface area contributed by atoms with Crippen molar-refractivity contribution in [3.8, 4) is 0 Å². The van der Waals surface area contributed by atoms with E-state index in [0.29, 0.717) is 22.4 Å². The van der Waals surface area contributed by atoms with Gasteiger partial charge in [-0.15, -0.1) is 0 Å². The Labute approximate surface area is 134 Å². The molecule has 0 saturated carbocycles. The average Bonchev–Trinajstić information content (AvgIpc) is 2.47. The third-order valence-electron chi connectivity index (χ3n) is 3.26. The van der Waals surface area contributed by atoms with E-state index in [9.17, 15) is 14.0 Å². The lowest BCUT2D eigenvalue weighted by Crippen LogP contribution is -2.30. The minimum absolute atomic E-state index is 0.0586. The Kier molecular flexibility index (Phi) is 5.11. The van der Waals surface area contributed by atoms with Crippen molar-refractivity contribution in [2.45, 2.75) is 26.8 Å². The third-order valence-corrected chi connectivity index (χ3v) is 3.26. The van der Waals surface area contributed by atoms with E-state index in [1.807, 2.05) is 13.8 Å². The second-order valence-corrected chi connectivity index (χ2v) is 5.62. The molecule has 23 heavy (non-hydrogen) atoms. The predicted molar refractivity (Wildman–Crippen MR) is 88.1 cm³/mol. The van der Waals surface area contributed by atoms with Gasteiger partial charge in [-0.2, -0.15) is 0 Å². The molecule has 0 fully saturated rings. The van der Waals surface area contributed by atoms with Gasteiger partial charge in [-0.1, -0.05) is 0 Å². The molecule has 0 unspecified atom stereocenters. The lowest BCUT2D eigenvalue weighted by atomic mass is 10.1. The molecule has 0 atom stereocenters. The van der Waals surface area contributed by atoms with Gasteiger partial charge < -0.3 is 10.6 Å². The fourth-order valence-electron chi connectivity index (χ4n) is 2.13.